The predicted molar refractivity (Wildman–Crippen MR) is 116 cm³/mol. The van der Waals surface area contributed by atoms with Crippen LogP contribution in [0.15, 0.2) is 35.7 Å². The van der Waals surface area contributed by atoms with Crippen molar-refractivity contribution in [3.8, 4) is 0 Å². The second kappa shape index (κ2) is 9.89. The molecule has 2 heterocycles. The Morgan fingerprint density at radius 2 is 2.12 bits per heavy atom. The Bertz CT molecular complexity index is 710. The zero-order valence-electron chi connectivity index (χ0n) is 15.8. The van der Waals surface area contributed by atoms with Crippen LogP contribution in [-0.2, 0) is 19.3 Å². The van der Waals surface area contributed by atoms with E-state index >= 15 is 0 Å². The number of aliphatic imine (C=N–C) groups is 1. The van der Waals surface area contributed by atoms with Crippen LogP contribution in [0.4, 0.5) is 0 Å². The molecule has 0 aromatic carbocycles. The zero-order valence-corrected chi connectivity index (χ0v) is 18.1. The van der Waals surface area contributed by atoms with Gasteiger partial charge in [0.2, 0.25) is 0 Å². The maximum atomic E-state index is 4.75. The molecule has 0 fully saturated rings. The van der Waals surface area contributed by atoms with Crippen molar-refractivity contribution in [1.29, 1.82) is 0 Å². The molecule has 1 aliphatic carbocycles. The van der Waals surface area contributed by atoms with E-state index in [0.717, 1.165) is 38.2 Å². The molecule has 1 unspecified atom stereocenters. The molecule has 0 aliphatic heterocycles. The minimum absolute atomic E-state index is 0. The Balaban J connectivity index is 0.00000243. The number of nitrogens with zero attached hydrogens (tertiary/aromatic N) is 4. The van der Waals surface area contributed by atoms with E-state index in [-0.39, 0.29) is 24.0 Å². The number of aromatic nitrogens is 3. The van der Waals surface area contributed by atoms with Crippen molar-refractivity contribution in [3.05, 3.63) is 47.5 Å². The van der Waals surface area contributed by atoms with Gasteiger partial charge in [-0.3, -0.25) is 14.7 Å². The van der Waals surface area contributed by atoms with Gasteiger partial charge in [0.1, 0.15) is 0 Å². The Hall–Kier alpha value is -1.64. The van der Waals surface area contributed by atoms with Crippen molar-refractivity contribution < 1.29 is 0 Å². The molecule has 2 aromatic heterocycles. The summed E-state index contributed by atoms with van der Waals surface area (Å²) in [5, 5.41) is 11.7. The maximum absolute atomic E-state index is 4.75. The highest BCUT2D eigenvalue weighted by Gasteiger charge is 2.22. The number of halogens is 1. The summed E-state index contributed by atoms with van der Waals surface area (Å²) in [4.78, 5) is 8.41. The van der Waals surface area contributed by atoms with Gasteiger partial charge in [-0.15, -0.1) is 24.0 Å². The van der Waals surface area contributed by atoms with Crippen molar-refractivity contribution in [1.82, 2.24) is 25.4 Å². The maximum Gasteiger partial charge on any atom is 0.191 e. The third-order valence-electron chi connectivity index (χ3n) is 4.65. The minimum Gasteiger partial charge on any atom is -0.356 e. The lowest BCUT2D eigenvalue weighted by molar-refractivity contribution is 0.499. The van der Waals surface area contributed by atoms with E-state index in [1.165, 1.54) is 16.8 Å². The van der Waals surface area contributed by atoms with Gasteiger partial charge in [0.15, 0.2) is 5.96 Å². The summed E-state index contributed by atoms with van der Waals surface area (Å²) >= 11 is 0. The second-order valence-corrected chi connectivity index (χ2v) is 6.86. The van der Waals surface area contributed by atoms with E-state index < -0.39 is 0 Å². The SMILES string of the molecule is CN=C(NCCc1ccncc1)NC1CCc2cn(C(C)C)nc2C1.I. The predicted octanol–water partition coefficient (Wildman–Crippen LogP) is 2.74. The first-order valence-electron chi connectivity index (χ1n) is 9.08. The molecule has 6 nitrogen and oxygen atoms in total. The number of fused-ring (bicyclic) bond motifs is 1. The van der Waals surface area contributed by atoms with E-state index in [0.29, 0.717) is 12.1 Å². The third kappa shape index (κ3) is 5.43. The summed E-state index contributed by atoms with van der Waals surface area (Å²) in [6, 6.07) is 4.90. The summed E-state index contributed by atoms with van der Waals surface area (Å²) < 4.78 is 2.08. The van der Waals surface area contributed by atoms with Crippen molar-refractivity contribution in [2.45, 2.75) is 51.6 Å². The quantitative estimate of drug-likeness (QED) is 0.403. The minimum atomic E-state index is 0. The molecule has 26 heavy (non-hydrogen) atoms. The lowest BCUT2D eigenvalue weighted by Crippen LogP contribution is -2.46. The molecular weight excluding hydrogens is 439 g/mol. The van der Waals surface area contributed by atoms with E-state index in [1.807, 2.05) is 31.6 Å². The number of aryl methyl sites for hydroxylation is 1. The molecule has 2 aromatic rings. The Labute approximate surface area is 172 Å². The lowest BCUT2D eigenvalue weighted by Gasteiger charge is -2.24. The van der Waals surface area contributed by atoms with Crippen LogP contribution in [0.3, 0.4) is 0 Å². The number of hydrogen-bond acceptors (Lipinski definition) is 3. The summed E-state index contributed by atoms with van der Waals surface area (Å²) in [6.45, 7) is 5.19. The largest absolute Gasteiger partial charge is 0.356 e. The molecule has 0 saturated carbocycles. The van der Waals surface area contributed by atoms with E-state index in [4.69, 9.17) is 5.10 Å². The van der Waals surface area contributed by atoms with Gasteiger partial charge in [0, 0.05) is 50.7 Å². The van der Waals surface area contributed by atoms with Gasteiger partial charge in [0.25, 0.3) is 0 Å². The highest BCUT2D eigenvalue weighted by atomic mass is 127. The molecule has 142 valence electrons. The van der Waals surface area contributed by atoms with Crippen LogP contribution in [0, 0.1) is 0 Å². The van der Waals surface area contributed by atoms with E-state index in [9.17, 15) is 0 Å². The van der Waals surface area contributed by atoms with Crippen molar-refractivity contribution in [2.75, 3.05) is 13.6 Å². The van der Waals surface area contributed by atoms with Crippen LogP contribution in [0.2, 0.25) is 0 Å². The molecule has 0 radical (unpaired) electrons. The fourth-order valence-electron chi connectivity index (χ4n) is 3.16. The van der Waals surface area contributed by atoms with Gasteiger partial charge in [0.05, 0.1) is 5.69 Å². The molecule has 0 saturated heterocycles. The molecule has 0 amide bonds. The summed E-state index contributed by atoms with van der Waals surface area (Å²) in [5.41, 5.74) is 3.90. The third-order valence-corrected chi connectivity index (χ3v) is 4.65. The zero-order chi connectivity index (χ0) is 17.6. The molecule has 3 rings (SSSR count). The van der Waals surface area contributed by atoms with Crippen LogP contribution < -0.4 is 10.6 Å². The molecule has 1 atom stereocenters. The Morgan fingerprint density at radius 3 is 2.81 bits per heavy atom. The van der Waals surface area contributed by atoms with Crippen molar-refractivity contribution >= 4 is 29.9 Å². The molecule has 2 N–H and O–H groups in total. The summed E-state index contributed by atoms with van der Waals surface area (Å²) in [6.07, 6.45) is 9.97. The number of nitrogens with one attached hydrogen (secondary N) is 2. The standard InChI is InChI=1S/C19H28N6.HI/c1-14(2)25-13-16-4-5-17(12-18(16)24-25)23-19(20-3)22-11-8-15-6-9-21-10-7-15;/h6-7,9-10,13-14,17H,4-5,8,11-12H2,1-3H3,(H2,20,22,23);1H. The molecule has 1 aliphatic rings. The van der Waals surface area contributed by atoms with Crippen LogP contribution in [0.25, 0.3) is 0 Å². The van der Waals surface area contributed by atoms with Gasteiger partial charge in [-0.25, -0.2) is 0 Å². The Morgan fingerprint density at radius 1 is 1.35 bits per heavy atom. The normalized spacial score (nSPS) is 16.8. The monoisotopic (exact) mass is 468 g/mol. The average molecular weight is 468 g/mol. The summed E-state index contributed by atoms with van der Waals surface area (Å²) in [7, 11) is 1.82. The highest BCUT2D eigenvalue weighted by Crippen LogP contribution is 2.21. The van der Waals surface area contributed by atoms with Crippen LogP contribution in [0.5, 0.6) is 0 Å². The highest BCUT2D eigenvalue weighted by molar-refractivity contribution is 14.0. The Kier molecular flexibility index (Phi) is 7.86. The number of guanidine groups is 1. The fourth-order valence-corrected chi connectivity index (χ4v) is 3.16. The first kappa shape index (κ1) is 20.7. The number of hydrogen-bond donors (Lipinski definition) is 2. The molecule has 7 heteroatoms. The van der Waals surface area contributed by atoms with Crippen molar-refractivity contribution in [3.63, 3.8) is 0 Å². The summed E-state index contributed by atoms with van der Waals surface area (Å²) in [5.74, 6) is 0.866. The number of pyridine rings is 1. The first-order chi connectivity index (χ1) is 12.2. The fraction of sp³-hybridized carbons (Fsp3) is 0.526. The molecule has 0 spiro atoms. The first-order valence-corrected chi connectivity index (χ1v) is 9.08. The van der Waals surface area contributed by atoms with E-state index in [1.54, 1.807) is 0 Å². The van der Waals surface area contributed by atoms with Crippen LogP contribution >= 0.6 is 24.0 Å². The van der Waals surface area contributed by atoms with Gasteiger partial charge in [-0.2, -0.15) is 5.10 Å². The topological polar surface area (TPSA) is 67.1 Å². The van der Waals surface area contributed by atoms with Gasteiger partial charge in [-0.05, 0) is 56.4 Å². The van der Waals surface area contributed by atoms with Gasteiger partial charge >= 0.3 is 0 Å². The van der Waals surface area contributed by atoms with Gasteiger partial charge < -0.3 is 10.6 Å². The number of rotatable bonds is 5. The molecule has 0 bridgehead atoms. The smallest absolute Gasteiger partial charge is 0.191 e. The van der Waals surface area contributed by atoms with Crippen molar-refractivity contribution in [2.24, 2.45) is 4.99 Å². The van der Waals surface area contributed by atoms with E-state index in [2.05, 4.69) is 45.3 Å². The van der Waals surface area contributed by atoms with Crippen LogP contribution in [-0.4, -0.2) is 40.4 Å². The second-order valence-electron chi connectivity index (χ2n) is 6.86. The lowest BCUT2D eigenvalue weighted by atomic mass is 9.94. The van der Waals surface area contributed by atoms with Crippen LogP contribution in [0.1, 0.15) is 43.1 Å². The average Bonchev–Trinajstić information content (AvgIpc) is 3.05. The molecular formula is C19H29IN6. The van der Waals surface area contributed by atoms with Gasteiger partial charge in [-0.1, -0.05) is 0 Å².